The highest BCUT2D eigenvalue weighted by atomic mass is 16.1. The highest BCUT2D eigenvalue weighted by Crippen LogP contribution is 2.35. The summed E-state index contributed by atoms with van der Waals surface area (Å²) in [7, 11) is 0. The van der Waals surface area contributed by atoms with E-state index in [4.69, 9.17) is 16.6 Å². The third-order valence-corrected chi connectivity index (χ3v) is 7.98. The highest BCUT2D eigenvalue weighted by Gasteiger charge is 2.26. The Bertz CT molecular complexity index is 1620. The number of aromatic nitrogens is 4. The second-order valence-corrected chi connectivity index (χ2v) is 10.8. The van der Waals surface area contributed by atoms with E-state index in [1.807, 2.05) is 35.9 Å². The first-order chi connectivity index (χ1) is 18.9. The Morgan fingerprint density at radius 1 is 1.21 bits per heavy atom. The largest absolute Gasteiger partial charge is 0.383 e. The van der Waals surface area contributed by atoms with Crippen molar-refractivity contribution in [2.45, 2.75) is 58.2 Å². The quantitative estimate of drug-likeness (QED) is 0.360. The van der Waals surface area contributed by atoms with Gasteiger partial charge in [0, 0.05) is 23.8 Å². The first-order valence-electron chi connectivity index (χ1n) is 13.6. The third kappa shape index (κ3) is 4.88. The van der Waals surface area contributed by atoms with Crippen molar-refractivity contribution in [2.75, 3.05) is 5.73 Å². The summed E-state index contributed by atoms with van der Waals surface area (Å²) in [6, 6.07) is 6.03. The maximum Gasteiger partial charge on any atom is 0.168 e. The lowest BCUT2D eigenvalue weighted by molar-refractivity contribution is 0.0993. The predicted molar refractivity (Wildman–Crippen MR) is 156 cm³/mol. The number of fused-ring (bicyclic) bond motifs is 2. The lowest BCUT2D eigenvalue weighted by Crippen LogP contribution is -2.10. The molecule has 1 fully saturated rings. The number of allylic oxidation sites excluding steroid dienone is 5. The topological polar surface area (TPSA) is 125 Å². The maximum absolute atomic E-state index is 13.6. The third-order valence-electron chi connectivity index (χ3n) is 7.98. The molecule has 3 aromatic rings. The van der Waals surface area contributed by atoms with Crippen LogP contribution >= 0.6 is 0 Å². The Morgan fingerprint density at radius 3 is 2.90 bits per heavy atom. The fourth-order valence-electron chi connectivity index (χ4n) is 5.96. The van der Waals surface area contributed by atoms with Gasteiger partial charge in [-0.1, -0.05) is 36.4 Å². The fourth-order valence-corrected chi connectivity index (χ4v) is 5.96. The lowest BCUT2D eigenvalue weighted by atomic mass is 9.91. The first kappa shape index (κ1) is 25.1. The monoisotopic (exact) mass is 519 g/mol. The number of rotatable bonds is 4. The van der Waals surface area contributed by atoms with Gasteiger partial charge in [-0.2, -0.15) is 5.10 Å². The van der Waals surface area contributed by atoms with Gasteiger partial charge < -0.3 is 11.5 Å². The van der Waals surface area contributed by atoms with Crippen molar-refractivity contribution in [1.29, 1.82) is 0 Å². The molecular formula is C31H33N7O. The van der Waals surface area contributed by atoms with Gasteiger partial charge in [-0.25, -0.2) is 14.6 Å². The Morgan fingerprint density at radius 2 is 2.08 bits per heavy atom. The zero-order valence-corrected chi connectivity index (χ0v) is 22.2. The van der Waals surface area contributed by atoms with Crippen molar-refractivity contribution in [3.8, 4) is 0 Å². The summed E-state index contributed by atoms with van der Waals surface area (Å²) in [4.78, 5) is 26.6. The van der Waals surface area contributed by atoms with E-state index in [1.54, 1.807) is 6.21 Å². The molecule has 2 aliphatic carbocycles. The summed E-state index contributed by atoms with van der Waals surface area (Å²) in [5.74, 6) is 0.913. The van der Waals surface area contributed by atoms with Crippen LogP contribution in [0.5, 0.6) is 0 Å². The SMILES string of the molecule is C=C1CCCC(/C=C2/CC(=O)c3c(C)cccc3C=C2Cn2nc(C3=CC(N)N=C3)c3c(N)ncnc32)CC1. The number of anilines is 1. The smallest absolute Gasteiger partial charge is 0.168 e. The van der Waals surface area contributed by atoms with Crippen LogP contribution in [0.1, 0.15) is 65.7 Å². The summed E-state index contributed by atoms with van der Waals surface area (Å²) in [5, 5.41) is 5.62. The minimum atomic E-state index is -0.411. The van der Waals surface area contributed by atoms with Gasteiger partial charge in [0.05, 0.1) is 11.9 Å². The molecule has 8 nitrogen and oxygen atoms in total. The molecule has 2 atom stereocenters. The van der Waals surface area contributed by atoms with Gasteiger partial charge in [-0.05, 0) is 79.4 Å². The number of nitrogens with zero attached hydrogens (tertiary/aromatic N) is 5. The summed E-state index contributed by atoms with van der Waals surface area (Å²) in [5.41, 5.74) is 20.6. The summed E-state index contributed by atoms with van der Waals surface area (Å²) in [6.45, 7) is 6.67. The van der Waals surface area contributed by atoms with Crippen LogP contribution in [0.4, 0.5) is 5.82 Å². The molecule has 0 spiro atoms. The molecule has 6 rings (SSSR count). The minimum Gasteiger partial charge on any atom is -0.383 e. The molecule has 0 radical (unpaired) electrons. The van der Waals surface area contributed by atoms with Crippen LogP contribution in [-0.2, 0) is 6.54 Å². The maximum atomic E-state index is 13.6. The van der Waals surface area contributed by atoms with Gasteiger partial charge in [0.2, 0.25) is 0 Å². The molecule has 8 heteroatoms. The van der Waals surface area contributed by atoms with Crippen molar-refractivity contribution in [1.82, 2.24) is 19.7 Å². The van der Waals surface area contributed by atoms with E-state index >= 15 is 0 Å². The van der Waals surface area contributed by atoms with Crippen LogP contribution in [0.3, 0.4) is 0 Å². The molecule has 39 heavy (non-hydrogen) atoms. The first-order valence-corrected chi connectivity index (χ1v) is 13.6. The van der Waals surface area contributed by atoms with Gasteiger partial charge in [0.25, 0.3) is 0 Å². The van der Waals surface area contributed by atoms with E-state index in [0.29, 0.717) is 41.4 Å². The Labute approximate surface area is 227 Å². The summed E-state index contributed by atoms with van der Waals surface area (Å²) < 4.78 is 1.86. The molecule has 1 saturated carbocycles. The van der Waals surface area contributed by atoms with E-state index in [2.05, 4.69) is 33.7 Å². The minimum absolute atomic E-state index is 0.150. The van der Waals surface area contributed by atoms with Crippen LogP contribution in [0.2, 0.25) is 0 Å². The molecule has 3 heterocycles. The number of hydrogen-bond acceptors (Lipinski definition) is 7. The van der Waals surface area contributed by atoms with E-state index in [1.165, 1.54) is 11.9 Å². The Balaban J connectivity index is 1.47. The summed E-state index contributed by atoms with van der Waals surface area (Å²) in [6.07, 6.45) is 14.9. The highest BCUT2D eigenvalue weighted by molar-refractivity contribution is 6.16. The van der Waals surface area contributed by atoms with Crippen molar-refractivity contribution in [3.63, 3.8) is 0 Å². The van der Waals surface area contributed by atoms with Crippen LogP contribution < -0.4 is 11.5 Å². The number of aryl methyl sites for hydroxylation is 1. The normalized spacial score (nSPS) is 22.6. The van der Waals surface area contributed by atoms with Crippen LogP contribution in [-0.4, -0.2) is 37.9 Å². The molecule has 1 aliphatic heterocycles. The number of carbonyl (C=O) groups is 1. The number of benzene rings is 1. The average Bonchev–Trinajstić information content (AvgIpc) is 3.39. The molecule has 0 amide bonds. The Hall–Kier alpha value is -4.17. The van der Waals surface area contributed by atoms with Crippen LogP contribution in [0.15, 0.2) is 65.0 Å². The van der Waals surface area contributed by atoms with E-state index in [-0.39, 0.29) is 5.78 Å². The molecule has 198 valence electrons. The number of carbonyl (C=O) groups excluding carboxylic acids is 1. The second kappa shape index (κ2) is 10.2. The molecule has 3 aliphatic rings. The summed E-state index contributed by atoms with van der Waals surface area (Å²) >= 11 is 0. The lowest BCUT2D eigenvalue weighted by Gasteiger charge is -2.15. The standard InChI is InChI=1S/C31H33N7O/c1-18-5-3-7-20(10-9-18)11-22-13-25(39)27-19(2)6-4-8-21(27)12-24(22)16-38-31-28(30(33)35-17-36-31)29(37-38)23-14-26(32)34-15-23/h4,6,8,11-12,14-15,17,20,26H,1,3,5,7,9-10,13,16,32H2,2H3,(H2,33,35,36)/b22-11-. The fraction of sp³-hybridized carbons (Fsp3) is 0.323. The van der Waals surface area contributed by atoms with Gasteiger partial charge in [-0.15, -0.1) is 0 Å². The molecular weight excluding hydrogens is 486 g/mol. The molecule has 0 saturated heterocycles. The van der Waals surface area contributed by atoms with Gasteiger partial charge in [0.1, 0.15) is 24.0 Å². The van der Waals surface area contributed by atoms with Gasteiger partial charge >= 0.3 is 0 Å². The molecule has 2 unspecified atom stereocenters. The van der Waals surface area contributed by atoms with E-state index in [9.17, 15) is 4.79 Å². The van der Waals surface area contributed by atoms with Crippen molar-refractivity contribution >= 4 is 40.5 Å². The number of nitrogen functional groups attached to an aromatic ring is 1. The average molecular weight is 520 g/mol. The zero-order chi connectivity index (χ0) is 27.1. The molecule has 1 aromatic carbocycles. The zero-order valence-electron chi connectivity index (χ0n) is 22.2. The van der Waals surface area contributed by atoms with Crippen molar-refractivity contribution < 1.29 is 4.79 Å². The molecule has 4 N–H and O–H groups in total. The second-order valence-electron chi connectivity index (χ2n) is 10.8. The van der Waals surface area contributed by atoms with Crippen LogP contribution in [0.25, 0.3) is 22.7 Å². The van der Waals surface area contributed by atoms with Gasteiger partial charge in [0.15, 0.2) is 11.4 Å². The van der Waals surface area contributed by atoms with Crippen molar-refractivity contribution in [3.05, 3.63) is 82.4 Å². The molecule has 0 bridgehead atoms. The van der Waals surface area contributed by atoms with E-state index < -0.39 is 6.17 Å². The Kier molecular flexibility index (Phi) is 6.56. The predicted octanol–water partition coefficient (Wildman–Crippen LogP) is 5.20. The number of hydrogen-bond donors (Lipinski definition) is 2. The van der Waals surface area contributed by atoms with E-state index in [0.717, 1.165) is 65.5 Å². The van der Waals surface area contributed by atoms with Gasteiger partial charge in [-0.3, -0.25) is 9.79 Å². The molecule has 2 aromatic heterocycles. The number of Topliss-reactive ketones (excluding diaryl/α,β-unsaturated/α-hetero) is 1. The number of ketones is 1. The van der Waals surface area contributed by atoms with Crippen LogP contribution in [0, 0.1) is 12.8 Å². The number of nitrogens with two attached hydrogens (primary N) is 2. The number of aliphatic imine (C=N–C) groups is 1. The van der Waals surface area contributed by atoms with Crippen molar-refractivity contribution in [2.24, 2.45) is 16.6 Å².